The fourth-order valence-electron chi connectivity index (χ4n) is 2.67. The predicted octanol–water partition coefficient (Wildman–Crippen LogP) is 4.19. The van der Waals surface area contributed by atoms with Crippen LogP contribution in [-0.4, -0.2) is 40.8 Å². The summed E-state index contributed by atoms with van der Waals surface area (Å²) in [5, 5.41) is 8.34. The number of aliphatic carboxylic acids is 1. The van der Waals surface area contributed by atoms with Gasteiger partial charge in [0, 0.05) is 0 Å². The minimum absolute atomic E-state index is 0.0568. The molecular weight excluding hydrogens is 437 g/mol. The van der Waals surface area contributed by atoms with Crippen LogP contribution < -0.4 is 9.47 Å². The van der Waals surface area contributed by atoms with Crippen molar-refractivity contribution in [2.45, 2.75) is 6.61 Å². The van der Waals surface area contributed by atoms with Gasteiger partial charge >= 0.3 is 5.97 Å². The molecule has 1 fully saturated rings. The maximum absolute atomic E-state index is 13.3. The number of hydrogen-bond acceptors (Lipinski definition) is 6. The number of benzene rings is 2. The molecule has 0 atom stereocenters. The predicted molar refractivity (Wildman–Crippen MR) is 109 cm³/mol. The lowest BCUT2D eigenvalue weighted by Crippen LogP contribution is -2.33. The van der Waals surface area contributed by atoms with Crippen LogP contribution in [0.2, 0.25) is 5.02 Å². The molecule has 1 saturated heterocycles. The number of thioether (sulfide) groups is 1. The van der Waals surface area contributed by atoms with E-state index in [1.807, 2.05) is 0 Å². The average Bonchev–Trinajstić information content (AvgIpc) is 2.94. The first-order valence-corrected chi connectivity index (χ1v) is 9.70. The zero-order valence-electron chi connectivity index (χ0n) is 15.6. The third-order valence-corrected chi connectivity index (χ3v) is 5.18. The zero-order valence-corrected chi connectivity index (χ0v) is 17.1. The smallest absolute Gasteiger partial charge is 0.323 e. The molecule has 1 N–H and O–H groups in total. The minimum atomic E-state index is -1.29. The van der Waals surface area contributed by atoms with Crippen LogP contribution in [0.5, 0.6) is 11.5 Å². The molecule has 1 heterocycles. The third-order valence-electron chi connectivity index (χ3n) is 3.99. The van der Waals surface area contributed by atoms with Crippen molar-refractivity contribution in [1.82, 2.24) is 4.90 Å². The Bertz CT molecular complexity index is 1060. The summed E-state index contributed by atoms with van der Waals surface area (Å²) in [5.74, 6) is -1.87. The standard InChI is InChI=1S/C20H15ClFNO6S/c1-28-15-7-12(8-16-19(26)23(9-17(24)25)20(27)30-16)6-14(21)18(15)29-10-11-3-2-4-13(22)5-11/h2-8H,9-10H2,1H3,(H,24,25)/b16-8+. The number of halogens is 2. The van der Waals surface area contributed by atoms with Crippen molar-refractivity contribution >= 4 is 46.6 Å². The summed E-state index contributed by atoms with van der Waals surface area (Å²) in [5.41, 5.74) is 1.06. The second-order valence-electron chi connectivity index (χ2n) is 6.11. The molecule has 0 saturated carbocycles. The molecule has 7 nitrogen and oxygen atoms in total. The van der Waals surface area contributed by atoms with Gasteiger partial charge in [-0.3, -0.25) is 19.3 Å². The molecule has 0 unspecified atom stereocenters. The molecule has 1 aliphatic rings. The molecule has 0 aromatic heterocycles. The SMILES string of the molecule is COc1cc(/C=C2/SC(=O)N(CC(=O)O)C2=O)cc(Cl)c1OCc1cccc(F)c1. The molecule has 1 aliphatic heterocycles. The summed E-state index contributed by atoms with van der Waals surface area (Å²) in [6.45, 7) is -0.653. The lowest BCUT2D eigenvalue weighted by molar-refractivity contribution is -0.140. The van der Waals surface area contributed by atoms with Crippen molar-refractivity contribution in [3.63, 3.8) is 0 Å². The topological polar surface area (TPSA) is 93.1 Å². The monoisotopic (exact) mass is 451 g/mol. The number of ether oxygens (including phenoxy) is 2. The molecular formula is C20H15ClFNO6S. The molecule has 2 aromatic rings. The van der Waals surface area contributed by atoms with E-state index in [-0.39, 0.29) is 33.9 Å². The maximum Gasteiger partial charge on any atom is 0.323 e. The fourth-order valence-corrected chi connectivity index (χ4v) is 3.78. The van der Waals surface area contributed by atoms with Crippen LogP contribution in [0.1, 0.15) is 11.1 Å². The fraction of sp³-hybridized carbons (Fsp3) is 0.150. The normalized spacial score (nSPS) is 15.0. The number of carbonyl (C=O) groups is 3. The largest absolute Gasteiger partial charge is 0.493 e. The Hall–Kier alpha value is -3.04. The van der Waals surface area contributed by atoms with E-state index >= 15 is 0 Å². The number of imide groups is 1. The van der Waals surface area contributed by atoms with Crippen molar-refractivity contribution in [2.24, 2.45) is 0 Å². The highest BCUT2D eigenvalue weighted by atomic mass is 35.5. The third kappa shape index (κ3) is 4.92. The van der Waals surface area contributed by atoms with Crippen LogP contribution in [0, 0.1) is 5.82 Å². The van der Waals surface area contributed by atoms with Gasteiger partial charge < -0.3 is 14.6 Å². The highest BCUT2D eigenvalue weighted by Crippen LogP contribution is 2.39. The summed E-state index contributed by atoms with van der Waals surface area (Å²) in [4.78, 5) is 35.7. The molecule has 10 heteroatoms. The van der Waals surface area contributed by atoms with Crippen LogP contribution >= 0.6 is 23.4 Å². The summed E-state index contributed by atoms with van der Waals surface area (Å²) >= 11 is 6.94. The number of carboxylic acid groups (broad SMARTS) is 1. The van der Waals surface area contributed by atoms with Gasteiger partial charge in [0.2, 0.25) is 0 Å². The summed E-state index contributed by atoms with van der Waals surface area (Å²) < 4.78 is 24.3. The average molecular weight is 452 g/mol. The van der Waals surface area contributed by atoms with E-state index in [1.165, 1.54) is 31.4 Å². The second-order valence-corrected chi connectivity index (χ2v) is 7.51. The molecule has 2 amide bonds. The van der Waals surface area contributed by atoms with Crippen molar-refractivity contribution in [3.05, 3.63) is 63.3 Å². The molecule has 30 heavy (non-hydrogen) atoms. The van der Waals surface area contributed by atoms with Crippen LogP contribution in [0.3, 0.4) is 0 Å². The highest BCUT2D eigenvalue weighted by molar-refractivity contribution is 8.18. The first-order chi connectivity index (χ1) is 14.3. The second kappa shape index (κ2) is 9.19. The number of amides is 2. The van der Waals surface area contributed by atoms with Gasteiger partial charge in [0.25, 0.3) is 11.1 Å². The summed E-state index contributed by atoms with van der Waals surface area (Å²) in [6.07, 6.45) is 1.41. The van der Waals surface area contributed by atoms with Gasteiger partial charge in [0.1, 0.15) is 19.0 Å². The van der Waals surface area contributed by atoms with E-state index < -0.39 is 23.7 Å². The van der Waals surface area contributed by atoms with Crippen molar-refractivity contribution in [2.75, 3.05) is 13.7 Å². The number of hydrogen-bond donors (Lipinski definition) is 1. The molecule has 0 aliphatic carbocycles. The van der Waals surface area contributed by atoms with Crippen LogP contribution in [-0.2, 0) is 16.2 Å². The number of nitrogens with zero attached hydrogens (tertiary/aromatic N) is 1. The van der Waals surface area contributed by atoms with Crippen molar-refractivity contribution < 1.29 is 33.4 Å². The summed E-state index contributed by atoms with van der Waals surface area (Å²) in [7, 11) is 1.41. The van der Waals surface area contributed by atoms with Crippen molar-refractivity contribution in [1.29, 1.82) is 0 Å². The van der Waals surface area contributed by atoms with E-state index in [1.54, 1.807) is 18.2 Å². The zero-order chi connectivity index (χ0) is 21.8. The molecule has 156 valence electrons. The van der Waals surface area contributed by atoms with Gasteiger partial charge in [-0.2, -0.15) is 0 Å². The van der Waals surface area contributed by atoms with E-state index in [2.05, 4.69) is 0 Å². The molecule has 0 spiro atoms. The van der Waals surface area contributed by atoms with E-state index in [0.29, 0.717) is 27.8 Å². The Morgan fingerprint density at radius 3 is 2.73 bits per heavy atom. The Kier molecular flexibility index (Phi) is 6.63. The first-order valence-electron chi connectivity index (χ1n) is 8.50. The molecule has 0 bridgehead atoms. The lowest BCUT2D eigenvalue weighted by Gasteiger charge is -2.13. The number of carboxylic acids is 1. The summed E-state index contributed by atoms with van der Waals surface area (Å²) in [6, 6.07) is 8.98. The Balaban J connectivity index is 1.83. The molecule has 3 rings (SSSR count). The van der Waals surface area contributed by atoms with E-state index in [9.17, 15) is 18.8 Å². The van der Waals surface area contributed by atoms with Crippen molar-refractivity contribution in [3.8, 4) is 11.5 Å². The van der Waals surface area contributed by atoms with Crippen LogP contribution in [0.4, 0.5) is 9.18 Å². The van der Waals surface area contributed by atoms with Crippen LogP contribution in [0.25, 0.3) is 6.08 Å². The molecule has 0 radical (unpaired) electrons. The van der Waals surface area contributed by atoms with Gasteiger partial charge in [0.15, 0.2) is 11.5 Å². The maximum atomic E-state index is 13.3. The van der Waals surface area contributed by atoms with E-state index in [4.69, 9.17) is 26.2 Å². The van der Waals surface area contributed by atoms with Gasteiger partial charge in [-0.1, -0.05) is 23.7 Å². The van der Waals surface area contributed by atoms with Gasteiger partial charge in [-0.25, -0.2) is 4.39 Å². The Morgan fingerprint density at radius 2 is 2.07 bits per heavy atom. The minimum Gasteiger partial charge on any atom is -0.493 e. The number of rotatable bonds is 7. The number of methoxy groups -OCH3 is 1. The Labute approximate surface area is 180 Å². The quantitative estimate of drug-likeness (QED) is 0.631. The van der Waals surface area contributed by atoms with Gasteiger partial charge in [-0.05, 0) is 53.2 Å². The Morgan fingerprint density at radius 1 is 1.30 bits per heavy atom. The molecule has 2 aromatic carbocycles. The highest BCUT2D eigenvalue weighted by Gasteiger charge is 2.36. The van der Waals surface area contributed by atoms with Gasteiger partial charge in [-0.15, -0.1) is 0 Å². The lowest BCUT2D eigenvalue weighted by atomic mass is 10.1. The first kappa shape index (κ1) is 21.7. The van der Waals surface area contributed by atoms with Crippen LogP contribution in [0.15, 0.2) is 41.3 Å². The van der Waals surface area contributed by atoms with Gasteiger partial charge in [0.05, 0.1) is 17.0 Å². The number of carbonyl (C=O) groups excluding carboxylic acids is 2. The van der Waals surface area contributed by atoms with E-state index in [0.717, 1.165) is 0 Å².